The zero-order valence-electron chi connectivity index (χ0n) is 10.7. The lowest BCUT2D eigenvalue weighted by Gasteiger charge is -2.02. The van der Waals surface area contributed by atoms with Crippen molar-refractivity contribution >= 4 is 11.7 Å². The molecule has 0 amide bonds. The van der Waals surface area contributed by atoms with E-state index < -0.39 is 5.97 Å². The number of carboxylic acids is 1. The van der Waals surface area contributed by atoms with Gasteiger partial charge in [-0.25, -0.2) is 4.79 Å². The number of nitrogens with one attached hydrogen (secondary N) is 1. The standard InChI is InChI=1S/C13H24N2O2/c1-3-4-5-6-7-8-9-10-11-14-15-12(2)13(16)17/h3,14H,1,4-11H2,2H3,(H,16,17)/b15-12-. The molecule has 4 nitrogen and oxygen atoms in total. The van der Waals surface area contributed by atoms with Crippen molar-refractivity contribution < 1.29 is 9.90 Å². The third kappa shape index (κ3) is 11.0. The highest BCUT2D eigenvalue weighted by Crippen LogP contribution is 2.06. The summed E-state index contributed by atoms with van der Waals surface area (Å²) in [6.45, 7) is 5.92. The fourth-order valence-electron chi connectivity index (χ4n) is 1.42. The second-order valence-corrected chi connectivity index (χ2v) is 4.11. The van der Waals surface area contributed by atoms with Crippen LogP contribution in [0.5, 0.6) is 0 Å². The van der Waals surface area contributed by atoms with Crippen LogP contribution < -0.4 is 5.43 Å². The van der Waals surface area contributed by atoms with Gasteiger partial charge < -0.3 is 10.5 Å². The summed E-state index contributed by atoms with van der Waals surface area (Å²) < 4.78 is 0. The number of nitrogens with zero attached hydrogens (tertiary/aromatic N) is 1. The maximum absolute atomic E-state index is 10.4. The van der Waals surface area contributed by atoms with Crippen LogP contribution in [0, 0.1) is 0 Å². The molecule has 0 aromatic rings. The van der Waals surface area contributed by atoms with Crippen LogP contribution in [0.2, 0.25) is 0 Å². The first-order valence-electron chi connectivity index (χ1n) is 6.29. The van der Waals surface area contributed by atoms with Gasteiger partial charge in [-0.3, -0.25) is 0 Å². The Morgan fingerprint density at radius 2 is 1.82 bits per heavy atom. The van der Waals surface area contributed by atoms with E-state index in [0.717, 1.165) is 19.4 Å². The molecule has 0 spiro atoms. The third-order valence-corrected chi connectivity index (χ3v) is 2.50. The van der Waals surface area contributed by atoms with Crippen LogP contribution in [0.3, 0.4) is 0 Å². The number of hydrogen-bond donors (Lipinski definition) is 2. The van der Waals surface area contributed by atoms with E-state index in [1.54, 1.807) is 0 Å². The van der Waals surface area contributed by atoms with E-state index in [1.807, 2.05) is 6.08 Å². The van der Waals surface area contributed by atoms with Crippen LogP contribution in [0.15, 0.2) is 17.8 Å². The molecule has 4 heteroatoms. The van der Waals surface area contributed by atoms with Crippen molar-refractivity contribution in [2.24, 2.45) is 5.10 Å². The van der Waals surface area contributed by atoms with Crippen LogP contribution >= 0.6 is 0 Å². The number of hydrogen-bond acceptors (Lipinski definition) is 3. The molecule has 0 atom stereocenters. The van der Waals surface area contributed by atoms with Gasteiger partial charge in [0.05, 0.1) is 0 Å². The van der Waals surface area contributed by atoms with E-state index in [2.05, 4.69) is 17.1 Å². The Morgan fingerprint density at radius 3 is 2.41 bits per heavy atom. The van der Waals surface area contributed by atoms with E-state index in [1.165, 1.54) is 39.0 Å². The molecule has 0 saturated heterocycles. The molecule has 2 N–H and O–H groups in total. The summed E-state index contributed by atoms with van der Waals surface area (Å²) in [5, 5.41) is 12.3. The molecule has 98 valence electrons. The molecular weight excluding hydrogens is 216 g/mol. The summed E-state index contributed by atoms with van der Waals surface area (Å²) in [5.41, 5.74) is 2.88. The molecule has 0 aliphatic carbocycles. The monoisotopic (exact) mass is 240 g/mol. The number of allylic oxidation sites excluding steroid dienone is 1. The van der Waals surface area contributed by atoms with Gasteiger partial charge in [-0.15, -0.1) is 6.58 Å². The molecule has 0 heterocycles. The van der Waals surface area contributed by atoms with E-state index in [-0.39, 0.29) is 5.71 Å². The summed E-state index contributed by atoms with van der Waals surface area (Å²) in [6, 6.07) is 0. The van der Waals surface area contributed by atoms with Gasteiger partial charge in [-0.2, -0.15) is 5.10 Å². The van der Waals surface area contributed by atoms with Gasteiger partial charge in [0.1, 0.15) is 5.71 Å². The van der Waals surface area contributed by atoms with Crippen molar-refractivity contribution in [3.05, 3.63) is 12.7 Å². The maximum Gasteiger partial charge on any atom is 0.351 e. The average molecular weight is 240 g/mol. The molecule has 0 aliphatic rings. The van der Waals surface area contributed by atoms with Crippen molar-refractivity contribution in [2.45, 2.75) is 51.9 Å². The number of carbonyl (C=O) groups is 1. The SMILES string of the molecule is C=CCCCCCCCCN/N=C(/C)C(=O)O. The average Bonchev–Trinajstić information content (AvgIpc) is 2.31. The smallest absolute Gasteiger partial charge is 0.351 e. The van der Waals surface area contributed by atoms with E-state index in [9.17, 15) is 4.79 Å². The van der Waals surface area contributed by atoms with Gasteiger partial charge >= 0.3 is 5.97 Å². The van der Waals surface area contributed by atoms with Gasteiger partial charge in [0.15, 0.2) is 0 Å². The molecule has 0 saturated carbocycles. The molecule has 0 unspecified atom stereocenters. The van der Waals surface area contributed by atoms with Crippen LogP contribution in [0.1, 0.15) is 51.9 Å². The lowest BCUT2D eigenvalue weighted by atomic mass is 10.1. The molecule has 0 aromatic carbocycles. The third-order valence-electron chi connectivity index (χ3n) is 2.50. The summed E-state index contributed by atoms with van der Waals surface area (Å²) >= 11 is 0. The summed E-state index contributed by atoms with van der Waals surface area (Å²) in [6.07, 6.45) is 10.3. The van der Waals surface area contributed by atoms with Gasteiger partial charge in [-0.1, -0.05) is 31.8 Å². The summed E-state index contributed by atoms with van der Waals surface area (Å²) in [4.78, 5) is 10.4. The van der Waals surface area contributed by atoms with Crippen molar-refractivity contribution in [2.75, 3.05) is 6.54 Å². The van der Waals surface area contributed by atoms with E-state index in [0.29, 0.717) is 0 Å². The molecule has 0 rings (SSSR count). The number of unbranched alkanes of at least 4 members (excludes halogenated alkanes) is 6. The number of aliphatic carboxylic acids is 1. The highest BCUT2D eigenvalue weighted by atomic mass is 16.4. The molecule has 0 fully saturated rings. The Kier molecular flexibility index (Phi) is 10.3. The number of rotatable bonds is 11. The molecule has 0 radical (unpaired) electrons. The van der Waals surface area contributed by atoms with E-state index in [4.69, 9.17) is 5.11 Å². The number of carboxylic acid groups (broad SMARTS) is 1. The van der Waals surface area contributed by atoms with Gasteiger partial charge in [0.2, 0.25) is 0 Å². The largest absolute Gasteiger partial charge is 0.477 e. The quantitative estimate of drug-likeness (QED) is 0.252. The van der Waals surface area contributed by atoms with Crippen molar-refractivity contribution in [1.29, 1.82) is 0 Å². The Balaban J connectivity index is 3.21. The van der Waals surface area contributed by atoms with Crippen LogP contribution in [0.4, 0.5) is 0 Å². The lowest BCUT2D eigenvalue weighted by Crippen LogP contribution is -2.16. The molecule has 0 aromatic heterocycles. The Hall–Kier alpha value is -1.32. The Bertz CT molecular complexity index is 250. The fraction of sp³-hybridized carbons (Fsp3) is 0.692. The minimum atomic E-state index is -0.972. The van der Waals surface area contributed by atoms with Crippen molar-refractivity contribution in [3.8, 4) is 0 Å². The van der Waals surface area contributed by atoms with Gasteiger partial charge in [0, 0.05) is 6.54 Å². The van der Waals surface area contributed by atoms with Crippen molar-refractivity contribution in [3.63, 3.8) is 0 Å². The highest BCUT2D eigenvalue weighted by Gasteiger charge is 1.99. The van der Waals surface area contributed by atoms with Crippen LogP contribution in [-0.4, -0.2) is 23.3 Å². The fourth-order valence-corrected chi connectivity index (χ4v) is 1.42. The number of hydrazone groups is 1. The zero-order chi connectivity index (χ0) is 12.9. The molecular formula is C13H24N2O2. The van der Waals surface area contributed by atoms with Crippen molar-refractivity contribution in [1.82, 2.24) is 5.43 Å². The van der Waals surface area contributed by atoms with Gasteiger partial charge in [-0.05, 0) is 26.2 Å². The Morgan fingerprint density at radius 1 is 1.24 bits per heavy atom. The zero-order valence-corrected chi connectivity index (χ0v) is 10.7. The Labute approximate surface area is 104 Å². The second-order valence-electron chi connectivity index (χ2n) is 4.11. The molecule has 17 heavy (non-hydrogen) atoms. The summed E-state index contributed by atoms with van der Waals surface area (Å²) in [7, 11) is 0. The first kappa shape index (κ1) is 15.7. The molecule has 0 aliphatic heterocycles. The maximum atomic E-state index is 10.4. The predicted octanol–water partition coefficient (Wildman–Crippen LogP) is 2.95. The van der Waals surface area contributed by atoms with E-state index >= 15 is 0 Å². The summed E-state index contributed by atoms with van der Waals surface area (Å²) in [5.74, 6) is -0.972. The first-order valence-corrected chi connectivity index (χ1v) is 6.29. The van der Waals surface area contributed by atoms with Crippen LogP contribution in [-0.2, 0) is 4.79 Å². The lowest BCUT2D eigenvalue weighted by molar-refractivity contribution is -0.129. The van der Waals surface area contributed by atoms with Gasteiger partial charge in [0.25, 0.3) is 0 Å². The highest BCUT2D eigenvalue weighted by molar-refractivity contribution is 6.34. The predicted molar refractivity (Wildman–Crippen MR) is 71.3 cm³/mol. The topological polar surface area (TPSA) is 61.7 Å². The minimum Gasteiger partial charge on any atom is -0.477 e. The first-order chi connectivity index (χ1) is 8.18. The minimum absolute atomic E-state index is 0.106. The second kappa shape index (κ2) is 11.2. The normalized spacial score (nSPS) is 11.2. The van der Waals surface area contributed by atoms with Crippen LogP contribution in [0.25, 0.3) is 0 Å². The molecule has 0 bridgehead atoms.